The molecule has 1 fully saturated rings. The molecule has 3 rings (SSSR count). The van der Waals surface area contributed by atoms with E-state index in [4.69, 9.17) is 0 Å². The molecule has 1 aromatic carbocycles. The van der Waals surface area contributed by atoms with Gasteiger partial charge in [0, 0.05) is 35.7 Å². The lowest BCUT2D eigenvalue weighted by atomic mass is 10.1. The summed E-state index contributed by atoms with van der Waals surface area (Å²) >= 11 is 1.68. The van der Waals surface area contributed by atoms with Gasteiger partial charge in [0.25, 0.3) is 5.91 Å². The van der Waals surface area contributed by atoms with Crippen LogP contribution in [0.2, 0.25) is 0 Å². The highest BCUT2D eigenvalue weighted by Crippen LogP contribution is 2.16. The highest BCUT2D eigenvalue weighted by molar-refractivity contribution is 7.09. The van der Waals surface area contributed by atoms with Crippen molar-refractivity contribution in [3.63, 3.8) is 0 Å². The quantitative estimate of drug-likeness (QED) is 0.810. The first-order valence-electron chi connectivity index (χ1n) is 8.28. The fourth-order valence-electron chi connectivity index (χ4n) is 2.83. The van der Waals surface area contributed by atoms with Gasteiger partial charge in [0.2, 0.25) is 11.8 Å². The molecule has 1 aromatic heterocycles. The Morgan fingerprint density at radius 3 is 2.44 bits per heavy atom. The first-order valence-corrected chi connectivity index (χ1v) is 9.16. The van der Waals surface area contributed by atoms with E-state index < -0.39 is 0 Å². The van der Waals surface area contributed by atoms with E-state index in [1.165, 1.54) is 9.78 Å². The number of carbonyl (C=O) groups is 3. The summed E-state index contributed by atoms with van der Waals surface area (Å²) in [6, 6.07) is 11.1. The highest BCUT2D eigenvalue weighted by Gasteiger charge is 2.28. The van der Waals surface area contributed by atoms with Crippen LogP contribution in [0.3, 0.4) is 0 Å². The number of imide groups is 1. The van der Waals surface area contributed by atoms with Crippen LogP contribution in [0, 0.1) is 0 Å². The maximum absolute atomic E-state index is 12.3. The molecule has 130 valence electrons. The summed E-state index contributed by atoms with van der Waals surface area (Å²) in [4.78, 5) is 38.1. The molecule has 0 spiro atoms. The number of thiophene rings is 1. The Labute approximate surface area is 150 Å². The zero-order valence-electron chi connectivity index (χ0n) is 14.0. The zero-order valence-corrected chi connectivity index (χ0v) is 14.8. The topological polar surface area (TPSA) is 66.5 Å². The van der Waals surface area contributed by atoms with Crippen molar-refractivity contribution < 1.29 is 14.4 Å². The molecule has 5 nitrogen and oxygen atoms in total. The standard InChI is InChI=1S/C19H20N2O3S/c1-13(11-16-3-2-10-25-16)20-19(24)15-6-4-14(5-7-15)12-21-17(22)8-9-18(21)23/h2-7,10,13H,8-9,11-12H2,1H3,(H,20,24). The molecule has 0 bridgehead atoms. The predicted molar refractivity (Wildman–Crippen MR) is 96.2 cm³/mol. The number of amides is 3. The summed E-state index contributed by atoms with van der Waals surface area (Å²) in [7, 11) is 0. The van der Waals surface area contributed by atoms with Crippen molar-refractivity contribution in [1.82, 2.24) is 10.2 Å². The van der Waals surface area contributed by atoms with Gasteiger partial charge in [-0.25, -0.2) is 0 Å². The molecule has 1 aliphatic rings. The monoisotopic (exact) mass is 356 g/mol. The van der Waals surface area contributed by atoms with Crippen molar-refractivity contribution in [2.75, 3.05) is 0 Å². The van der Waals surface area contributed by atoms with E-state index in [0.29, 0.717) is 18.4 Å². The Hall–Kier alpha value is -2.47. The van der Waals surface area contributed by atoms with Gasteiger partial charge in [-0.1, -0.05) is 18.2 Å². The second kappa shape index (κ2) is 7.61. The third-order valence-corrected chi connectivity index (χ3v) is 5.08. The molecule has 1 saturated heterocycles. The fourth-order valence-corrected chi connectivity index (χ4v) is 3.67. The summed E-state index contributed by atoms with van der Waals surface area (Å²) in [5.74, 6) is -0.382. The summed E-state index contributed by atoms with van der Waals surface area (Å²) in [6.45, 7) is 2.25. The van der Waals surface area contributed by atoms with Crippen molar-refractivity contribution >= 4 is 29.1 Å². The Kier molecular flexibility index (Phi) is 5.28. The van der Waals surface area contributed by atoms with Gasteiger partial charge in [0.1, 0.15) is 0 Å². The van der Waals surface area contributed by atoms with Gasteiger partial charge >= 0.3 is 0 Å². The van der Waals surface area contributed by atoms with Crippen LogP contribution in [0.5, 0.6) is 0 Å². The minimum Gasteiger partial charge on any atom is -0.349 e. The number of carbonyl (C=O) groups excluding carboxylic acids is 3. The first kappa shape index (κ1) is 17.4. The van der Waals surface area contributed by atoms with E-state index in [-0.39, 0.29) is 30.3 Å². The molecular formula is C19H20N2O3S. The average molecular weight is 356 g/mol. The Morgan fingerprint density at radius 2 is 1.84 bits per heavy atom. The molecule has 0 aliphatic carbocycles. The lowest BCUT2D eigenvalue weighted by molar-refractivity contribution is -0.139. The average Bonchev–Trinajstić information content (AvgIpc) is 3.20. The number of hydrogen-bond donors (Lipinski definition) is 1. The molecule has 25 heavy (non-hydrogen) atoms. The molecule has 1 N–H and O–H groups in total. The van der Waals surface area contributed by atoms with E-state index in [1.807, 2.05) is 18.4 Å². The van der Waals surface area contributed by atoms with Crippen LogP contribution in [0.15, 0.2) is 41.8 Å². The van der Waals surface area contributed by atoms with E-state index in [0.717, 1.165) is 12.0 Å². The number of hydrogen-bond acceptors (Lipinski definition) is 4. The van der Waals surface area contributed by atoms with E-state index in [9.17, 15) is 14.4 Å². The summed E-state index contributed by atoms with van der Waals surface area (Å²) in [5, 5.41) is 5.02. The van der Waals surface area contributed by atoms with Crippen LogP contribution in [0.25, 0.3) is 0 Å². The summed E-state index contributed by atoms with van der Waals surface area (Å²) < 4.78 is 0. The first-order chi connectivity index (χ1) is 12.0. The van der Waals surface area contributed by atoms with Crippen molar-refractivity contribution in [2.24, 2.45) is 0 Å². The third-order valence-electron chi connectivity index (χ3n) is 4.18. The van der Waals surface area contributed by atoms with Gasteiger partial charge in [-0.2, -0.15) is 0 Å². The molecule has 2 heterocycles. The van der Waals surface area contributed by atoms with Crippen LogP contribution in [-0.2, 0) is 22.6 Å². The maximum atomic E-state index is 12.3. The normalized spacial score (nSPS) is 15.5. The van der Waals surface area contributed by atoms with Gasteiger partial charge in [-0.05, 0) is 36.1 Å². The second-order valence-corrected chi connectivity index (χ2v) is 7.26. The lowest BCUT2D eigenvalue weighted by Gasteiger charge is -2.15. The Morgan fingerprint density at radius 1 is 1.16 bits per heavy atom. The van der Waals surface area contributed by atoms with Crippen molar-refractivity contribution in [3.8, 4) is 0 Å². The summed E-state index contributed by atoms with van der Waals surface area (Å²) in [5.41, 5.74) is 1.41. The zero-order chi connectivity index (χ0) is 17.8. The minimum atomic E-state index is -0.130. The highest BCUT2D eigenvalue weighted by atomic mass is 32.1. The number of rotatable bonds is 6. The van der Waals surface area contributed by atoms with Gasteiger partial charge < -0.3 is 5.32 Å². The van der Waals surface area contributed by atoms with Crippen molar-refractivity contribution in [1.29, 1.82) is 0 Å². The van der Waals surface area contributed by atoms with Crippen LogP contribution in [0.1, 0.15) is 40.6 Å². The van der Waals surface area contributed by atoms with E-state index in [1.54, 1.807) is 35.6 Å². The molecule has 1 unspecified atom stereocenters. The lowest BCUT2D eigenvalue weighted by Crippen LogP contribution is -2.33. The number of likely N-dealkylation sites (tertiary alicyclic amines) is 1. The molecule has 3 amide bonds. The van der Waals surface area contributed by atoms with Crippen LogP contribution in [0.4, 0.5) is 0 Å². The number of nitrogens with zero attached hydrogens (tertiary/aromatic N) is 1. The Bertz CT molecular complexity index is 752. The summed E-state index contributed by atoms with van der Waals surface area (Å²) in [6.07, 6.45) is 1.39. The molecule has 0 saturated carbocycles. The number of benzene rings is 1. The number of nitrogens with one attached hydrogen (secondary N) is 1. The van der Waals surface area contributed by atoms with Crippen LogP contribution < -0.4 is 5.32 Å². The minimum absolute atomic E-state index is 0.0469. The fraction of sp³-hybridized carbons (Fsp3) is 0.316. The second-order valence-electron chi connectivity index (χ2n) is 6.23. The molecular weight excluding hydrogens is 336 g/mol. The smallest absolute Gasteiger partial charge is 0.251 e. The van der Waals surface area contributed by atoms with Gasteiger partial charge in [-0.3, -0.25) is 19.3 Å². The maximum Gasteiger partial charge on any atom is 0.251 e. The SMILES string of the molecule is CC(Cc1cccs1)NC(=O)c1ccc(CN2C(=O)CCC2=O)cc1. The molecule has 0 radical (unpaired) electrons. The molecule has 6 heteroatoms. The van der Waals surface area contributed by atoms with Crippen LogP contribution >= 0.6 is 11.3 Å². The van der Waals surface area contributed by atoms with E-state index >= 15 is 0 Å². The van der Waals surface area contributed by atoms with Crippen molar-refractivity contribution in [3.05, 3.63) is 57.8 Å². The van der Waals surface area contributed by atoms with Crippen LogP contribution in [-0.4, -0.2) is 28.7 Å². The van der Waals surface area contributed by atoms with Crippen molar-refractivity contribution in [2.45, 2.75) is 38.8 Å². The van der Waals surface area contributed by atoms with Gasteiger partial charge in [-0.15, -0.1) is 11.3 Å². The Balaban J connectivity index is 1.57. The molecule has 2 aromatic rings. The predicted octanol–water partition coefficient (Wildman–Crippen LogP) is 2.76. The third kappa shape index (κ3) is 4.33. The van der Waals surface area contributed by atoms with Gasteiger partial charge in [0.15, 0.2) is 0 Å². The van der Waals surface area contributed by atoms with E-state index in [2.05, 4.69) is 11.4 Å². The molecule has 1 aliphatic heterocycles. The van der Waals surface area contributed by atoms with Gasteiger partial charge in [0.05, 0.1) is 6.54 Å². The molecule has 1 atom stereocenters. The largest absolute Gasteiger partial charge is 0.349 e.